The third-order valence-corrected chi connectivity index (χ3v) is 2.36. The van der Waals surface area contributed by atoms with Gasteiger partial charge in [-0.2, -0.15) is 0 Å². The predicted molar refractivity (Wildman–Crippen MR) is 59.5 cm³/mol. The van der Waals surface area contributed by atoms with Gasteiger partial charge in [0.2, 0.25) is 0 Å². The fourth-order valence-electron chi connectivity index (χ4n) is 1.26. The highest BCUT2D eigenvalue weighted by Crippen LogP contribution is 2.14. The summed E-state index contributed by atoms with van der Waals surface area (Å²) in [6.07, 6.45) is -11.3. The normalized spacial score (nSPS) is 19.6. The molecule has 0 heterocycles. The van der Waals surface area contributed by atoms with Crippen LogP contribution < -0.4 is 0 Å². The largest absolute Gasteiger partial charge is 0.478 e. The first-order valence-electron chi connectivity index (χ1n) is 5.16. The number of carbonyl (C=O) groups is 3. The molecule has 10 heteroatoms. The zero-order valence-electron chi connectivity index (χ0n) is 9.90. The third-order valence-electron chi connectivity index (χ3n) is 2.36. The van der Waals surface area contributed by atoms with Gasteiger partial charge in [-0.1, -0.05) is 0 Å². The van der Waals surface area contributed by atoms with E-state index in [1.54, 1.807) is 0 Å². The molecule has 0 rings (SSSR count). The smallest absolute Gasteiger partial charge is 0.334 e. The van der Waals surface area contributed by atoms with Gasteiger partial charge in [-0.15, -0.1) is 0 Å². The molecule has 0 aliphatic carbocycles. The van der Waals surface area contributed by atoms with Crippen molar-refractivity contribution in [2.75, 3.05) is 0 Å². The summed E-state index contributed by atoms with van der Waals surface area (Å²) in [6.45, 7) is 0. The van der Waals surface area contributed by atoms with Crippen LogP contribution in [0.2, 0.25) is 0 Å². The fourth-order valence-corrected chi connectivity index (χ4v) is 1.26. The van der Waals surface area contributed by atoms with Crippen molar-refractivity contribution >= 4 is 18.2 Å². The van der Waals surface area contributed by atoms with E-state index in [9.17, 15) is 34.8 Å². The highest BCUT2D eigenvalue weighted by molar-refractivity contribution is 5.95. The highest BCUT2D eigenvalue weighted by atomic mass is 16.4. The molecule has 0 aliphatic rings. The molecule has 0 saturated heterocycles. The molecular formula is C10H14O10. The number of aliphatic hydroxyl groups is 5. The first-order valence-corrected chi connectivity index (χ1v) is 5.16. The minimum Gasteiger partial charge on any atom is -0.478 e. The van der Waals surface area contributed by atoms with Crippen molar-refractivity contribution in [3.05, 3.63) is 11.6 Å². The maximum atomic E-state index is 10.7. The molecule has 0 bridgehead atoms. The van der Waals surface area contributed by atoms with E-state index in [0.717, 1.165) is 0 Å². The van der Waals surface area contributed by atoms with E-state index in [-0.39, 0.29) is 12.4 Å². The molecule has 0 aromatic rings. The fraction of sp³-hybridized carbons (Fsp3) is 0.500. The van der Waals surface area contributed by atoms with Crippen LogP contribution in [-0.2, 0) is 14.4 Å². The van der Waals surface area contributed by atoms with Crippen LogP contribution in [0.25, 0.3) is 0 Å². The minimum atomic E-state index is -2.37. The lowest BCUT2D eigenvalue weighted by atomic mass is 9.95. The molecule has 0 amide bonds. The van der Waals surface area contributed by atoms with Crippen molar-refractivity contribution < 1.29 is 50.1 Å². The summed E-state index contributed by atoms with van der Waals surface area (Å²) in [5.74, 6) is -3.60. The standard InChI is InChI=1S/C10H14O10/c11-2-4(12)7(16)9(18)8(17)6(15)3(10(19)20)1-5(13)14/h1-2,4,6-9,12,15-18H,(H,13,14)(H,19,20)/b3-1+/t4-,6?,7+,8+,9-/m0/s1. The van der Waals surface area contributed by atoms with Gasteiger partial charge < -0.3 is 40.5 Å². The van der Waals surface area contributed by atoms with E-state index in [0.29, 0.717) is 0 Å². The van der Waals surface area contributed by atoms with Gasteiger partial charge in [0.25, 0.3) is 0 Å². The first-order chi connectivity index (χ1) is 9.13. The molecule has 0 aliphatic heterocycles. The zero-order chi connectivity index (χ0) is 16.0. The van der Waals surface area contributed by atoms with Crippen LogP contribution in [0.3, 0.4) is 0 Å². The highest BCUT2D eigenvalue weighted by Gasteiger charge is 2.37. The van der Waals surface area contributed by atoms with Gasteiger partial charge in [0.05, 0.1) is 5.57 Å². The summed E-state index contributed by atoms with van der Waals surface area (Å²) >= 11 is 0. The number of carboxylic acid groups (broad SMARTS) is 2. The molecule has 0 spiro atoms. The summed E-state index contributed by atoms with van der Waals surface area (Å²) in [7, 11) is 0. The van der Waals surface area contributed by atoms with Gasteiger partial charge in [0, 0.05) is 6.08 Å². The van der Waals surface area contributed by atoms with E-state index in [2.05, 4.69) is 0 Å². The maximum Gasteiger partial charge on any atom is 0.334 e. The summed E-state index contributed by atoms with van der Waals surface area (Å²) in [5, 5.41) is 63.5. The van der Waals surface area contributed by atoms with E-state index < -0.39 is 48.0 Å². The van der Waals surface area contributed by atoms with Crippen LogP contribution in [0.5, 0.6) is 0 Å². The molecule has 0 aromatic carbocycles. The van der Waals surface area contributed by atoms with Crippen molar-refractivity contribution in [1.29, 1.82) is 0 Å². The Hall–Kier alpha value is -1.85. The summed E-state index contributed by atoms with van der Waals surface area (Å²) in [4.78, 5) is 31.3. The second-order valence-corrected chi connectivity index (χ2v) is 3.79. The van der Waals surface area contributed by atoms with Crippen LogP contribution in [0.15, 0.2) is 11.6 Å². The number of carbonyl (C=O) groups excluding carboxylic acids is 1. The number of hydrogen-bond acceptors (Lipinski definition) is 8. The number of hydrogen-bond donors (Lipinski definition) is 7. The Bertz CT molecular complexity index is 403. The molecule has 5 atom stereocenters. The third kappa shape index (κ3) is 4.68. The van der Waals surface area contributed by atoms with Crippen molar-refractivity contribution in [2.24, 2.45) is 0 Å². The second-order valence-electron chi connectivity index (χ2n) is 3.79. The summed E-state index contributed by atoms with van der Waals surface area (Å²) < 4.78 is 0. The molecule has 114 valence electrons. The SMILES string of the molecule is O=C[C@H](O)[C@@H](O)[C@H](O)[C@H](O)C(O)/C(=C\C(=O)O)C(=O)O. The van der Waals surface area contributed by atoms with E-state index in [1.165, 1.54) is 0 Å². The Morgan fingerprint density at radius 3 is 1.70 bits per heavy atom. The Morgan fingerprint density at radius 2 is 1.35 bits per heavy atom. The molecular weight excluding hydrogens is 280 g/mol. The van der Waals surface area contributed by atoms with Crippen LogP contribution in [0.1, 0.15) is 0 Å². The molecule has 7 N–H and O–H groups in total. The van der Waals surface area contributed by atoms with Crippen LogP contribution in [0.4, 0.5) is 0 Å². The van der Waals surface area contributed by atoms with Gasteiger partial charge in [0.15, 0.2) is 6.29 Å². The molecule has 10 nitrogen and oxygen atoms in total. The molecule has 0 aromatic heterocycles. The topological polar surface area (TPSA) is 193 Å². The number of carboxylic acids is 2. The lowest BCUT2D eigenvalue weighted by Crippen LogP contribution is -2.50. The van der Waals surface area contributed by atoms with Crippen LogP contribution in [0, 0.1) is 0 Å². The minimum absolute atomic E-state index is 0.0888. The van der Waals surface area contributed by atoms with Gasteiger partial charge >= 0.3 is 11.9 Å². The number of aliphatic carboxylic acids is 2. The van der Waals surface area contributed by atoms with Gasteiger partial charge in [-0.3, -0.25) is 0 Å². The van der Waals surface area contributed by atoms with Crippen molar-refractivity contribution in [2.45, 2.75) is 30.5 Å². The van der Waals surface area contributed by atoms with Gasteiger partial charge in [-0.25, -0.2) is 9.59 Å². The predicted octanol–water partition coefficient (Wildman–Crippen LogP) is -3.91. The Kier molecular flexibility index (Phi) is 6.96. The van der Waals surface area contributed by atoms with E-state index in [4.69, 9.17) is 15.3 Å². The quantitative estimate of drug-likeness (QED) is 0.172. The Morgan fingerprint density at radius 1 is 0.850 bits per heavy atom. The first kappa shape index (κ1) is 18.1. The summed E-state index contributed by atoms with van der Waals surface area (Å²) in [5.41, 5.74) is -1.16. The lowest BCUT2D eigenvalue weighted by Gasteiger charge is -2.27. The van der Waals surface area contributed by atoms with E-state index in [1.807, 2.05) is 0 Å². The maximum absolute atomic E-state index is 10.7. The van der Waals surface area contributed by atoms with Crippen molar-refractivity contribution in [1.82, 2.24) is 0 Å². The molecule has 0 saturated carbocycles. The number of aliphatic hydroxyl groups excluding tert-OH is 5. The number of aldehydes is 1. The molecule has 1 unspecified atom stereocenters. The van der Waals surface area contributed by atoms with Crippen molar-refractivity contribution in [3.63, 3.8) is 0 Å². The Labute approximate surface area is 111 Å². The average Bonchev–Trinajstić information content (AvgIpc) is 2.39. The second kappa shape index (κ2) is 7.67. The van der Waals surface area contributed by atoms with E-state index >= 15 is 0 Å². The molecule has 20 heavy (non-hydrogen) atoms. The lowest BCUT2D eigenvalue weighted by molar-refractivity contribution is -0.146. The van der Waals surface area contributed by atoms with Gasteiger partial charge in [-0.05, 0) is 0 Å². The van der Waals surface area contributed by atoms with Crippen LogP contribution >= 0.6 is 0 Å². The average molecular weight is 294 g/mol. The zero-order valence-corrected chi connectivity index (χ0v) is 9.90. The molecule has 0 fully saturated rings. The van der Waals surface area contributed by atoms with Crippen LogP contribution in [-0.4, -0.2) is 84.5 Å². The number of rotatable bonds is 8. The monoisotopic (exact) mass is 294 g/mol. The van der Waals surface area contributed by atoms with Gasteiger partial charge in [0.1, 0.15) is 30.5 Å². The van der Waals surface area contributed by atoms with Crippen molar-refractivity contribution in [3.8, 4) is 0 Å². The molecule has 0 radical (unpaired) electrons. The Balaban J connectivity index is 5.16. The summed E-state index contributed by atoms with van der Waals surface area (Å²) in [6, 6.07) is 0.